The fraction of sp³-hybridized carbons (Fsp3) is 0.286. The summed E-state index contributed by atoms with van der Waals surface area (Å²) in [5.74, 6) is -1.46. The van der Waals surface area contributed by atoms with E-state index in [0.29, 0.717) is 5.56 Å². The molecule has 0 radical (unpaired) electrons. The van der Waals surface area contributed by atoms with E-state index >= 15 is 0 Å². The maximum Gasteiger partial charge on any atom is 0.338 e. The molecule has 27 heavy (non-hydrogen) atoms. The molecule has 0 heterocycles. The molecule has 2 amide bonds. The van der Waals surface area contributed by atoms with E-state index in [1.54, 1.807) is 18.2 Å². The second-order valence-corrected chi connectivity index (χ2v) is 6.54. The zero-order valence-electron chi connectivity index (χ0n) is 16.0. The van der Waals surface area contributed by atoms with Crippen molar-refractivity contribution in [1.82, 2.24) is 5.32 Å². The van der Waals surface area contributed by atoms with E-state index < -0.39 is 18.5 Å². The lowest BCUT2D eigenvalue weighted by atomic mass is 10.1. The first-order chi connectivity index (χ1) is 12.8. The molecule has 0 aliphatic heterocycles. The van der Waals surface area contributed by atoms with Gasteiger partial charge in [-0.2, -0.15) is 0 Å². The van der Waals surface area contributed by atoms with E-state index in [-0.39, 0.29) is 12.5 Å². The molecule has 0 aliphatic rings. The number of nitrogens with one attached hydrogen (secondary N) is 2. The third kappa shape index (κ3) is 5.95. The van der Waals surface area contributed by atoms with E-state index in [4.69, 9.17) is 4.74 Å². The zero-order valence-corrected chi connectivity index (χ0v) is 16.0. The Morgan fingerprint density at radius 2 is 1.56 bits per heavy atom. The monoisotopic (exact) mass is 368 g/mol. The van der Waals surface area contributed by atoms with E-state index in [9.17, 15) is 14.4 Å². The third-order valence-corrected chi connectivity index (χ3v) is 3.98. The SMILES string of the molecule is Cc1cccc(C(=O)OCC(=O)NCC(=O)Nc2c(C)cc(C)cc2C)c1. The summed E-state index contributed by atoms with van der Waals surface area (Å²) in [6.07, 6.45) is 0. The van der Waals surface area contributed by atoms with Gasteiger partial charge >= 0.3 is 5.97 Å². The van der Waals surface area contributed by atoms with E-state index in [1.165, 1.54) is 0 Å². The number of esters is 1. The van der Waals surface area contributed by atoms with Gasteiger partial charge in [0.2, 0.25) is 5.91 Å². The number of amides is 2. The van der Waals surface area contributed by atoms with Crippen LogP contribution < -0.4 is 10.6 Å². The highest BCUT2D eigenvalue weighted by atomic mass is 16.5. The Hall–Kier alpha value is -3.15. The summed E-state index contributed by atoms with van der Waals surface area (Å²) in [7, 11) is 0. The average molecular weight is 368 g/mol. The molecule has 0 unspecified atom stereocenters. The number of benzene rings is 2. The van der Waals surface area contributed by atoms with Crippen molar-refractivity contribution in [1.29, 1.82) is 0 Å². The van der Waals surface area contributed by atoms with Crippen molar-refractivity contribution >= 4 is 23.5 Å². The van der Waals surface area contributed by atoms with Crippen LogP contribution in [0.5, 0.6) is 0 Å². The molecule has 0 spiro atoms. The van der Waals surface area contributed by atoms with Gasteiger partial charge in [-0.05, 0) is 51.0 Å². The lowest BCUT2D eigenvalue weighted by Gasteiger charge is -2.13. The van der Waals surface area contributed by atoms with Crippen molar-refractivity contribution in [2.24, 2.45) is 0 Å². The Labute approximate surface area is 158 Å². The Balaban J connectivity index is 1.80. The van der Waals surface area contributed by atoms with E-state index in [0.717, 1.165) is 27.9 Å². The molecule has 6 heteroatoms. The number of anilines is 1. The minimum Gasteiger partial charge on any atom is -0.452 e. The van der Waals surface area contributed by atoms with Crippen LogP contribution in [0.3, 0.4) is 0 Å². The second-order valence-electron chi connectivity index (χ2n) is 6.54. The Morgan fingerprint density at radius 3 is 2.19 bits per heavy atom. The maximum atomic E-state index is 12.1. The van der Waals surface area contributed by atoms with Crippen molar-refractivity contribution in [3.63, 3.8) is 0 Å². The van der Waals surface area contributed by atoms with Gasteiger partial charge in [-0.25, -0.2) is 4.79 Å². The van der Waals surface area contributed by atoms with Crippen LogP contribution in [0.25, 0.3) is 0 Å². The van der Waals surface area contributed by atoms with Crippen molar-refractivity contribution in [2.45, 2.75) is 27.7 Å². The van der Waals surface area contributed by atoms with Crippen LogP contribution in [0.15, 0.2) is 36.4 Å². The Morgan fingerprint density at radius 1 is 0.889 bits per heavy atom. The normalized spacial score (nSPS) is 10.2. The summed E-state index contributed by atoms with van der Waals surface area (Å²) in [5.41, 5.74) is 5.08. The minimum absolute atomic E-state index is 0.201. The molecule has 0 aliphatic carbocycles. The number of carbonyl (C=O) groups excluding carboxylic acids is 3. The molecule has 2 aromatic rings. The molecule has 0 saturated heterocycles. The minimum atomic E-state index is -0.579. The van der Waals surface area contributed by atoms with Gasteiger partial charge in [-0.3, -0.25) is 9.59 Å². The number of carbonyl (C=O) groups is 3. The standard InChI is InChI=1S/C21H24N2O4/c1-13-6-5-7-17(10-13)21(26)27-12-19(25)22-11-18(24)23-20-15(3)8-14(2)9-16(20)4/h5-10H,11-12H2,1-4H3,(H,22,25)(H,23,24). The molecule has 2 rings (SSSR count). The largest absolute Gasteiger partial charge is 0.452 e. The lowest BCUT2D eigenvalue weighted by Crippen LogP contribution is -2.35. The topological polar surface area (TPSA) is 84.5 Å². The summed E-state index contributed by atoms with van der Waals surface area (Å²) in [5, 5.41) is 5.24. The first-order valence-corrected chi connectivity index (χ1v) is 8.64. The molecule has 0 fully saturated rings. The van der Waals surface area contributed by atoms with Crippen LogP contribution in [-0.4, -0.2) is 30.9 Å². The molecule has 6 nitrogen and oxygen atoms in total. The first kappa shape index (κ1) is 20.2. The fourth-order valence-electron chi connectivity index (χ4n) is 2.78. The van der Waals surface area contributed by atoms with Gasteiger partial charge in [0.15, 0.2) is 6.61 Å². The third-order valence-electron chi connectivity index (χ3n) is 3.98. The van der Waals surface area contributed by atoms with Crippen LogP contribution in [0.1, 0.15) is 32.6 Å². The predicted molar refractivity (Wildman–Crippen MR) is 104 cm³/mol. The maximum absolute atomic E-state index is 12.1. The van der Waals surface area contributed by atoms with Crippen LogP contribution in [0.4, 0.5) is 5.69 Å². The molecule has 2 aromatic carbocycles. The highest BCUT2D eigenvalue weighted by Gasteiger charge is 2.12. The van der Waals surface area contributed by atoms with Gasteiger partial charge in [0, 0.05) is 5.69 Å². The van der Waals surface area contributed by atoms with Crippen LogP contribution in [-0.2, 0) is 14.3 Å². The highest BCUT2D eigenvalue weighted by Crippen LogP contribution is 2.21. The van der Waals surface area contributed by atoms with Gasteiger partial charge in [-0.1, -0.05) is 35.4 Å². The molecule has 0 atom stereocenters. The second kappa shape index (κ2) is 8.98. The smallest absolute Gasteiger partial charge is 0.338 e. The van der Waals surface area contributed by atoms with Crippen molar-refractivity contribution in [3.05, 3.63) is 64.2 Å². The number of aryl methyl sites for hydroxylation is 4. The first-order valence-electron chi connectivity index (χ1n) is 8.64. The van der Waals surface area contributed by atoms with Gasteiger partial charge in [0.05, 0.1) is 12.1 Å². The molecule has 2 N–H and O–H groups in total. The molecular formula is C21H24N2O4. The number of ether oxygens (including phenoxy) is 1. The molecule has 142 valence electrons. The number of hydrogen-bond donors (Lipinski definition) is 2. The Bertz CT molecular complexity index is 851. The van der Waals surface area contributed by atoms with Crippen molar-refractivity contribution in [2.75, 3.05) is 18.5 Å². The van der Waals surface area contributed by atoms with Gasteiger partial charge in [-0.15, -0.1) is 0 Å². The molecule has 0 bridgehead atoms. The molecule has 0 saturated carbocycles. The number of rotatable bonds is 6. The van der Waals surface area contributed by atoms with Crippen LogP contribution in [0, 0.1) is 27.7 Å². The number of hydrogen-bond acceptors (Lipinski definition) is 4. The van der Waals surface area contributed by atoms with E-state index in [2.05, 4.69) is 10.6 Å². The fourth-order valence-corrected chi connectivity index (χ4v) is 2.78. The van der Waals surface area contributed by atoms with Gasteiger partial charge < -0.3 is 15.4 Å². The van der Waals surface area contributed by atoms with Crippen molar-refractivity contribution in [3.8, 4) is 0 Å². The zero-order chi connectivity index (χ0) is 20.0. The van der Waals surface area contributed by atoms with Crippen molar-refractivity contribution < 1.29 is 19.1 Å². The summed E-state index contributed by atoms with van der Waals surface area (Å²) in [4.78, 5) is 35.8. The Kier molecular flexibility index (Phi) is 6.71. The summed E-state index contributed by atoms with van der Waals surface area (Å²) >= 11 is 0. The van der Waals surface area contributed by atoms with E-state index in [1.807, 2.05) is 45.9 Å². The van der Waals surface area contributed by atoms with Crippen LogP contribution >= 0.6 is 0 Å². The summed E-state index contributed by atoms with van der Waals surface area (Å²) in [6.45, 7) is 7.04. The molecule has 0 aromatic heterocycles. The lowest BCUT2D eigenvalue weighted by molar-refractivity contribution is -0.126. The summed E-state index contributed by atoms with van der Waals surface area (Å²) in [6, 6.07) is 10.9. The highest BCUT2D eigenvalue weighted by molar-refractivity contribution is 5.96. The van der Waals surface area contributed by atoms with Gasteiger partial charge in [0.25, 0.3) is 5.91 Å². The predicted octanol–water partition coefficient (Wildman–Crippen LogP) is 2.83. The average Bonchev–Trinajstić information content (AvgIpc) is 2.60. The molecular weight excluding hydrogens is 344 g/mol. The quantitative estimate of drug-likeness (QED) is 0.768. The summed E-state index contributed by atoms with van der Waals surface area (Å²) < 4.78 is 4.96. The van der Waals surface area contributed by atoms with Gasteiger partial charge in [0.1, 0.15) is 0 Å². The van der Waals surface area contributed by atoms with Crippen LogP contribution in [0.2, 0.25) is 0 Å².